The average Bonchev–Trinajstić information content (AvgIpc) is 2.76. The summed E-state index contributed by atoms with van der Waals surface area (Å²) in [6.45, 7) is 0.671. The number of aromatic nitrogens is 3. The standard InChI is InChI=1S/C8H7N3OS/c12-5-8-4-11(10-9-8)3-7-1-2-13-6-7/h1-2,4-6H,3H2. The zero-order valence-electron chi connectivity index (χ0n) is 6.75. The molecule has 2 aromatic rings. The molecule has 0 amide bonds. The van der Waals surface area contributed by atoms with Gasteiger partial charge in [0.05, 0.1) is 12.7 Å². The summed E-state index contributed by atoms with van der Waals surface area (Å²) < 4.78 is 1.64. The fourth-order valence-corrected chi connectivity index (χ4v) is 1.67. The van der Waals surface area contributed by atoms with E-state index in [2.05, 4.69) is 10.3 Å². The molecule has 0 aliphatic heterocycles. The van der Waals surface area contributed by atoms with E-state index in [1.54, 1.807) is 22.2 Å². The van der Waals surface area contributed by atoms with Crippen molar-refractivity contribution in [2.75, 3.05) is 0 Å². The third kappa shape index (κ3) is 1.81. The Labute approximate surface area is 78.8 Å². The highest BCUT2D eigenvalue weighted by Crippen LogP contribution is 2.07. The Balaban J connectivity index is 2.14. The molecule has 0 aliphatic rings. The van der Waals surface area contributed by atoms with Crippen LogP contribution in [0.25, 0.3) is 0 Å². The van der Waals surface area contributed by atoms with E-state index in [-0.39, 0.29) is 0 Å². The van der Waals surface area contributed by atoms with E-state index in [9.17, 15) is 4.79 Å². The molecule has 0 atom stereocenters. The van der Waals surface area contributed by atoms with Crippen LogP contribution in [0.2, 0.25) is 0 Å². The Morgan fingerprint density at radius 2 is 2.54 bits per heavy atom. The quantitative estimate of drug-likeness (QED) is 0.688. The number of hydrogen-bond acceptors (Lipinski definition) is 4. The zero-order chi connectivity index (χ0) is 9.10. The molecule has 0 bridgehead atoms. The minimum absolute atomic E-state index is 0.371. The van der Waals surface area contributed by atoms with E-state index in [1.807, 2.05) is 16.8 Å². The maximum atomic E-state index is 10.3. The highest BCUT2D eigenvalue weighted by molar-refractivity contribution is 7.07. The summed E-state index contributed by atoms with van der Waals surface area (Å²) in [6.07, 6.45) is 2.32. The van der Waals surface area contributed by atoms with Crippen molar-refractivity contribution in [1.29, 1.82) is 0 Å². The molecule has 0 unspecified atom stereocenters. The van der Waals surface area contributed by atoms with Crippen LogP contribution in [-0.2, 0) is 6.54 Å². The minimum atomic E-state index is 0.371. The van der Waals surface area contributed by atoms with Crippen molar-refractivity contribution in [1.82, 2.24) is 15.0 Å². The molecule has 0 spiro atoms. The number of nitrogens with zero attached hydrogens (tertiary/aromatic N) is 3. The summed E-state index contributed by atoms with van der Waals surface area (Å²) in [7, 11) is 0. The molecule has 0 radical (unpaired) electrons. The van der Waals surface area contributed by atoms with Gasteiger partial charge in [0.25, 0.3) is 0 Å². The highest BCUT2D eigenvalue weighted by atomic mass is 32.1. The molecule has 0 saturated heterocycles. The molecule has 0 N–H and O–H groups in total. The van der Waals surface area contributed by atoms with Crippen LogP contribution in [0, 0.1) is 0 Å². The monoisotopic (exact) mass is 193 g/mol. The van der Waals surface area contributed by atoms with Crippen molar-refractivity contribution in [2.45, 2.75) is 6.54 Å². The van der Waals surface area contributed by atoms with E-state index in [4.69, 9.17) is 0 Å². The molecule has 0 aromatic carbocycles. The summed E-state index contributed by atoms with van der Waals surface area (Å²) in [5, 5.41) is 11.5. The number of thiophene rings is 1. The van der Waals surface area contributed by atoms with Crippen LogP contribution in [0.4, 0.5) is 0 Å². The van der Waals surface area contributed by atoms with Crippen molar-refractivity contribution in [3.8, 4) is 0 Å². The number of hydrogen-bond donors (Lipinski definition) is 0. The molecule has 5 heteroatoms. The van der Waals surface area contributed by atoms with E-state index in [0.29, 0.717) is 18.5 Å². The van der Waals surface area contributed by atoms with Gasteiger partial charge in [0, 0.05) is 0 Å². The smallest absolute Gasteiger partial charge is 0.171 e. The van der Waals surface area contributed by atoms with E-state index in [1.165, 1.54) is 5.56 Å². The van der Waals surface area contributed by atoms with Crippen LogP contribution < -0.4 is 0 Å². The molecule has 0 saturated carbocycles. The number of aldehydes is 1. The lowest BCUT2D eigenvalue weighted by molar-refractivity contribution is 0.111. The third-order valence-electron chi connectivity index (χ3n) is 1.60. The van der Waals surface area contributed by atoms with Gasteiger partial charge in [-0.1, -0.05) is 5.21 Å². The molecular weight excluding hydrogens is 186 g/mol. The first kappa shape index (κ1) is 8.12. The van der Waals surface area contributed by atoms with Crippen molar-refractivity contribution < 1.29 is 4.79 Å². The van der Waals surface area contributed by atoms with Crippen LogP contribution in [0.1, 0.15) is 16.1 Å². The molecule has 2 aromatic heterocycles. The van der Waals surface area contributed by atoms with Gasteiger partial charge in [-0.15, -0.1) is 5.10 Å². The summed E-state index contributed by atoms with van der Waals surface area (Å²) in [5.74, 6) is 0. The van der Waals surface area contributed by atoms with Crippen LogP contribution in [0.15, 0.2) is 23.0 Å². The molecule has 4 nitrogen and oxygen atoms in total. The first-order valence-corrected chi connectivity index (χ1v) is 4.69. The van der Waals surface area contributed by atoms with Crippen molar-refractivity contribution in [3.63, 3.8) is 0 Å². The van der Waals surface area contributed by atoms with E-state index >= 15 is 0 Å². The second-order valence-electron chi connectivity index (χ2n) is 2.59. The van der Waals surface area contributed by atoms with Gasteiger partial charge < -0.3 is 0 Å². The van der Waals surface area contributed by atoms with Crippen LogP contribution in [0.3, 0.4) is 0 Å². The lowest BCUT2D eigenvalue weighted by Crippen LogP contribution is -1.98. The van der Waals surface area contributed by atoms with Crippen molar-refractivity contribution >= 4 is 17.6 Å². The maximum absolute atomic E-state index is 10.3. The Bertz CT molecular complexity index is 393. The average molecular weight is 193 g/mol. The van der Waals surface area contributed by atoms with Crippen molar-refractivity contribution in [2.24, 2.45) is 0 Å². The normalized spacial score (nSPS) is 10.2. The van der Waals surface area contributed by atoms with Crippen LogP contribution >= 0.6 is 11.3 Å². The van der Waals surface area contributed by atoms with Crippen molar-refractivity contribution in [3.05, 3.63) is 34.3 Å². The Kier molecular flexibility index (Phi) is 2.18. The summed E-state index contributed by atoms with van der Waals surface area (Å²) in [6, 6.07) is 2.02. The molecule has 2 heterocycles. The van der Waals surface area contributed by atoms with Gasteiger partial charge in [-0.05, 0) is 22.4 Å². The molecule has 66 valence electrons. The molecule has 2 rings (SSSR count). The van der Waals surface area contributed by atoms with Gasteiger partial charge in [-0.25, -0.2) is 4.68 Å². The lowest BCUT2D eigenvalue weighted by Gasteiger charge is -1.94. The zero-order valence-corrected chi connectivity index (χ0v) is 7.57. The fourth-order valence-electron chi connectivity index (χ4n) is 1.01. The highest BCUT2D eigenvalue weighted by Gasteiger charge is 1.99. The summed E-state index contributed by atoms with van der Waals surface area (Å²) in [4.78, 5) is 10.3. The molecule has 0 fully saturated rings. The number of carbonyl (C=O) groups is 1. The predicted octanol–water partition coefficient (Wildman–Crippen LogP) is 1.20. The van der Waals surface area contributed by atoms with Gasteiger partial charge in [-0.2, -0.15) is 11.3 Å². The van der Waals surface area contributed by atoms with Gasteiger partial charge >= 0.3 is 0 Å². The topological polar surface area (TPSA) is 47.8 Å². The fraction of sp³-hybridized carbons (Fsp3) is 0.125. The second kappa shape index (κ2) is 3.49. The predicted molar refractivity (Wildman–Crippen MR) is 48.8 cm³/mol. The van der Waals surface area contributed by atoms with Gasteiger partial charge in [0.15, 0.2) is 6.29 Å². The Morgan fingerprint density at radius 3 is 3.15 bits per heavy atom. The molecule has 0 aliphatic carbocycles. The van der Waals surface area contributed by atoms with Crippen LogP contribution in [0.5, 0.6) is 0 Å². The maximum Gasteiger partial charge on any atom is 0.171 e. The van der Waals surface area contributed by atoms with Crippen LogP contribution in [-0.4, -0.2) is 21.3 Å². The van der Waals surface area contributed by atoms with E-state index < -0.39 is 0 Å². The lowest BCUT2D eigenvalue weighted by atomic mass is 10.3. The Hall–Kier alpha value is -1.49. The second-order valence-corrected chi connectivity index (χ2v) is 3.37. The molecular formula is C8H7N3OS. The summed E-state index contributed by atoms with van der Waals surface area (Å²) >= 11 is 1.64. The third-order valence-corrected chi connectivity index (χ3v) is 2.33. The first-order chi connectivity index (χ1) is 6.38. The Morgan fingerprint density at radius 1 is 1.62 bits per heavy atom. The number of rotatable bonds is 3. The van der Waals surface area contributed by atoms with Gasteiger partial charge in [0.1, 0.15) is 5.69 Å². The van der Waals surface area contributed by atoms with Gasteiger partial charge in [-0.3, -0.25) is 4.79 Å². The first-order valence-electron chi connectivity index (χ1n) is 3.75. The molecule has 13 heavy (non-hydrogen) atoms. The number of carbonyl (C=O) groups excluding carboxylic acids is 1. The summed E-state index contributed by atoms with van der Waals surface area (Å²) in [5.41, 5.74) is 1.54. The SMILES string of the molecule is O=Cc1cn(Cc2ccsc2)nn1. The largest absolute Gasteiger partial charge is 0.296 e. The van der Waals surface area contributed by atoms with E-state index in [0.717, 1.165) is 0 Å². The minimum Gasteiger partial charge on any atom is -0.296 e. The van der Waals surface area contributed by atoms with Gasteiger partial charge in [0.2, 0.25) is 0 Å².